The molecule has 0 radical (unpaired) electrons. The van der Waals surface area contributed by atoms with E-state index in [2.05, 4.69) is 52.6 Å². The van der Waals surface area contributed by atoms with E-state index in [1.54, 1.807) is 6.07 Å². The first-order valence-corrected chi connectivity index (χ1v) is 7.27. The number of aryl methyl sites for hydroxylation is 1. The van der Waals surface area contributed by atoms with Crippen molar-refractivity contribution in [3.8, 4) is 0 Å². The summed E-state index contributed by atoms with van der Waals surface area (Å²) in [6.07, 6.45) is 0.742. The van der Waals surface area contributed by atoms with Gasteiger partial charge in [0.05, 0.1) is 5.69 Å². The Morgan fingerprint density at radius 3 is 2.53 bits per heavy atom. The minimum atomic E-state index is 0.586. The van der Waals surface area contributed by atoms with Crippen LogP contribution in [0.1, 0.15) is 12.7 Å². The van der Waals surface area contributed by atoms with Crippen molar-refractivity contribution in [2.75, 3.05) is 10.7 Å². The summed E-state index contributed by atoms with van der Waals surface area (Å²) in [6.45, 7) is 1.99. The molecule has 7 heteroatoms. The van der Waals surface area contributed by atoms with Gasteiger partial charge >= 0.3 is 0 Å². The first kappa shape index (κ1) is 14.2. The normalized spacial score (nSPS) is 10.3. The highest BCUT2D eigenvalue weighted by Gasteiger charge is 2.05. The number of hydrogen-bond acceptors (Lipinski definition) is 5. The number of nitrogens with zero attached hydrogens (tertiary/aromatic N) is 2. The molecule has 1 heterocycles. The Hall–Kier alpha value is -1.18. The standard InChI is InChI=1S/C12H13Br2N5/c1-2-10-17-11(6-12(18-10)19-15)16-9-4-3-7(13)5-8(9)14/h3-6H,2,15H2,1H3,(H2,16,17,18,19). The smallest absolute Gasteiger partial charge is 0.145 e. The van der Waals surface area contributed by atoms with Crippen molar-refractivity contribution in [3.63, 3.8) is 0 Å². The van der Waals surface area contributed by atoms with Crippen LogP contribution in [0.2, 0.25) is 0 Å². The summed E-state index contributed by atoms with van der Waals surface area (Å²) in [5.74, 6) is 7.41. The minimum absolute atomic E-state index is 0.586. The van der Waals surface area contributed by atoms with Gasteiger partial charge in [-0.3, -0.25) is 0 Å². The van der Waals surface area contributed by atoms with Crippen LogP contribution in [0.15, 0.2) is 33.2 Å². The fourth-order valence-electron chi connectivity index (χ4n) is 1.52. The summed E-state index contributed by atoms with van der Waals surface area (Å²) < 4.78 is 1.95. The van der Waals surface area contributed by atoms with Crippen molar-refractivity contribution < 1.29 is 0 Å². The number of halogens is 2. The molecule has 0 spiro atoms. The van der Waals surface area contributed by atoms with Crippen LogP contribution in [-0.2, 0) is 6.42 Å². The molecule has 5 nitrogen and oxygen atoms in total. The highest BCUT2D eigenvalue weighted by molar-refractivity contribution is 9.11. The third-order valence-electron chi connectivity index (χ3n) is 2.43. The molecule has 2 rings (SSSR count). The molecule has 0 aliphatic carbocycles. The van der Waals surface area contributed by atoms with E-state index in [1.807, 2.05) is 25.1 Å². The van der Waals surface area contributed by atoms with E-state index in [9.17, 15) is 0 Å². The monoisotopic (exact) mass is 385 g/mol. The molecule has 0 saturated heterocycles. The van der Waals surface area contributed by atoms with E-state index >= 15 is 0 Å². The molecule has 1 aromatic carbocycles. The van der Waals surface area contributed by atoms with Crippen molar-refractivity contribution in [2.24, 2.45) is 5.84 Å². The summed E-state index contributed by atoms with van der Waals surface area (Å²) in [7, 11) is 0. The molecule has 0 saturated carbocycles. The third-order valence-corrected chi connectivity index (χ3v) is 3.58. The van der Waals surface area contributed by atoms with Gasteiger partial charge in [0.15, 0.2) is 0 Å². The Morgan fingerprint density at radius 1 is 1.16 bits per heavy atom. The first-order chi connectivity index (χ1) is 9.12. The second-order valence-corrected chi connectivity index (χ2v) is 5.57. The molecular formula is C12H13Br2N5. The van der Waals surface area contributed by atoms with E-state index in [4.69, 9.17) is 5.84 Å². The van der Waals surface area contributed by atoms with Crippen LogP contribution in [0.3, 0.4) is 0 Å². The molecule has 0 fully saturated rings. The van der Waals surface area contributed by atoms with Gasteiger partial charge in [-0.05, 0) is 34.1 Å². The van der Waals surface area contributed by atoms with Crippen LogP contribution in [0.5, 0.6) is 0 Å². The maximum atomic E-state index is 5.40. The number of hydrogen-bond donors (Lipinski definition) is 3. The van der Waals surface area contributed by atoms with Gasteiger partial charge in [0.25, 0.3) is 0 Å². The predicted octanol–water partition coefficient (Wildman–Crippen LogP) is 3.59. The van der Waals surface area contributed by atoms with Crippen LogP contribution >= 0.6 is 31.9 Å². The number of nitrogens with one attached hydrogen (secondary N) is 2. The Morgan fingerprint density at radius 2 is 1.89 bits per heavy atom. The quantitative estimate of drug-likeness (QED) is 0.552. The van der Waals surface area contributed by atoms with Crippen LogP contribution < -0.4 is 16.6 Å². The zero-order valence-corrected chi connectivity index (χ0v) is 13.4. The van der Waals surface area contributed by atoms with E-state index < -0.39 is 0 Å². The van der Waals surface area contributed by atoms with Gasteiger partial charge in [0.2, 0.25) is 0 Å². The van der Waals surface area contributed by atoms with Crippen molar-refractivity contribution >= 4 is 49.2 Å². The highest BCUT2D eigenvalue weighted by atomic mass is 79.9. The fourth-order valence-corrected chi connectivity index (χ4v) is 2.67. The Bertz CT molecular complexity index is 566. The number of anilines is 3. The summed E-state index contributed by atoms with van der Waals surface area (Å²) in [6, 6.07) is 7.63. The van der Waals surface area contributed by atoms with Gasteiger partial charge in [-0.25, -0.2) is 15.8 Å². The molecule has 0 aliphatic rings. The number of rotatable bonds is 4. The highest BCUT2D eigenvalue weighted by Crippen LogP contribution is 2.28. The molecule has 1 aromatic heterocycles. The number of hydrazine groups is 1. The third kappa shape index (κ3) is 3.65. The second-order valence-electron chi connectivity index (χ2n) is 3.80. The lowest BCUT2D eigenvalue weighted by molar-refractivity contribution is 0.941. The number of nitrogen functional groups attached to an aromatic ring is 1. The van der Waals surface area contributed by atoms with Crippen molar-refractivity contribution in [3.05, 3.63) is 39.0 Å². The Balaban J connectivity index is 2.31. The average molecular weight is 387 g/mol. The van der Waals surface area contributed by atoms with Crippen molar-refractivity contribution in [1.82, 2.24) is 9.97 Å². The van der Waals surface area contributed by atoms with Crippen LogP contribution in [0.4, 0.5) is 17.3 Å². The summed E-state index contributed by atoms with van der Waals surface area (Å²) in [5.41, 5.74) is 3.46. The number of aromatic nitrogens is 2. The molecule has 0 aliphatic heterocycles. The second kappa shape index (κ2) is 6.31. The van der Waals surface area contributed by atoms with Gasteiger partial charge < -0.3 is 10.7 Å². The zero-order valence-electron chi connectivity index (χ0n) is 10.2. The van der Waals surface area contributed by atoms with Gasteiger partial charge in [-0.2, -0.15) is 0 Å². The van der Waals surface area contributed by atoms with E-state index in [0.29, 0.717) is 11.6 Å². The zero-order chi connectivity index (χ0) is 13.8. The molecule has 4 N–H and O–H groups in total. The molecule has 0 atom stereocenters. The van der Waals surface area contributed by atoms with Crippen molar-refractivity contribution in [2.45, 2.75) is 13.3 Å². The summed E-state index contributed by atoms with van der Waals surface area (Å²) >= 11 is 6.92. The first-order valence-electron chi connectivity index (χ1n) is 5.69. The summed E-state index contributed by atoms with van der Waals surface area (Å²) in [4.78, 5) is 8.65. The lowest BCUT2D eigenvalue weighted by atomic mass is 10.3. The van der Waals surface area contributed by atoms with Crippen LogP contribution in [-0.4, -0.2) is 9.97 Å². The predicted molar refractivity (Wildman–Crippen MR) is 84.3 cm³/mol. The van der Waals surface area contributed by atoms with Gasteiger partial charge in [0.1, 0.15) is 17.5 Å². The molecule has 100 valence electrons. The molecule has 0 unspecified atom stereocenters. The van der Waals surface area contributed by atoms with Crippen LogP contribution in [0.25, 0.3) is 0 Å². The summed E-state index contributed by atoms with van der Waals surface area (Å²) in [5, 5.41) is 3.23. The maximum Gasteiger partial charge on any atom is 0.145 e. The van der Waals surface area contributed by atoms with Gasteiger partial charge in [-0.1, -0.05) is 22.9 Å². The molecule has 0 bridgehead atoms. The average Bonchev–Trinajstić information content (AvgIpc) is 2.41. The molecule has 2 aromatic rings. The number of nitrogens with two attached hydrogens (primary N) is 1. The largest absolute Gasteiger partial charge is 0.339 e. The number of benzene rings is 1. The lowest BCUT2D eigenvalue weighted by Gasteiger charge is -2.10. The molecule has 19 heavy (non-hydrogen) atoms. The van der Waals surface area contributed by atoms with E-state index in [1.165, 1.54) is 0 Å². The van der Waals surface area contributed by atoms with E-state index in [-0.39, 0.29) is 0 Å². The minimum Gasteiger partial charge on any atom is -0.339 e. The van der Waals surface area contributed by atoms with Gasteiger partial charge in [-0.15, -0.1) is 0 Å². The van der Waals surface area contributed by atoms with Crippen LogP contribution in [0, 0.1) is 0 Å². The fraction of sp³-hybridized carbons (Fsp3) is 0.167. The maximum absolute atomic E-state index is 5.40. The lowest BCUT2D eigenvalue weighted by Crippen LogP contribution is -2.11. The van der Waals surface area contributed by atoms with E-state index in [0.717, 1.165) is 26.9 Å². The topological polar surface area (TPSA) is 75.9 Å². The van der Waals surface area contributed by atoms with Crippen molar-refractivity contribution in [1.29, 1.82) is 0 Å². The SMILES string of the molecule is CCc1nc(NN)cc(Nc2ccc(Br)cc2Br)n1. The van der Waals surface area contributed by atoms with Gasteiger partial charge in [0, 0.05) is 21.4 Å². The molecule has 0 amide bonds. The molecular weight excluding hydrogens is 374 g/mol. The Kier molecular flexibility index (Phi) is 4.73. The Labute approximate surface area is 128 Å².